The van der Waals surface area contributed by atoms with Crippen LogP contribution in [0.2, 0.25) is 5.02 Å². The molecule has 1 N–H and O–H groups in total. The number of likely N-dealkylation sites (tertiary alicyclic amines) is 1. The van der Waals surface area contributed by atoms with E-state index in [2.05, 4.69) is 10.1 Å². The molecule has 0 unspecified atom stereocenters. The number of amides is 1. The molecule has 7 heteroatoms. The van der Waals surface area contributed by atoms with Gasteiger partial charge < -0.3 is 14.4 Å². The van der Waals surface area contributed by atoms with Crippen molar-refractivity contribution in [2.75, 3.05) is 13.1 Å². The molecule has 146 valence electrons. The summed E-state index contributed by atoms with van der Waals surface area (Å²) < 4.78 is 5.37. The van der Waals surface area contributed by atoms with Crippen molar-refractivity contribution in [2.45, 2.75) is 18.8 Å². The van der Waals surface area contributed by atoms with Gasteiger partial charge in [0.15, 0.2) is 11.5 Å². The maximum Gasteiger partial charge on any atom is 0.276 e. The van der Waals surface area contributed by atoms with Crippen LogP contribution < -0.4 is 0 Å². The first kappa shape index (κ1) is 17.9. The number of hydrogen-bond donors (Lipinski definition) is 1. The van der Waals surface area contributed by atoms with E-state index in [1.165, 1.54) is 0 Å². The van der Waals surface area contributed by atoms with E-state index in [1.54, 1.807) is 18.2 Å². The highest BCUT2D eigenvalue weighted by molar-refractivity contribution is 6.30. The number of benzene rings is 2. The van der Waals surface area contributed by atoms with Crippen molar-refractivity contribution < 1.29 is 9.32 Å². The van der Waals surface area contributed by atoms with Gasteiger partial charge in [0.1, 0.15) is 5.82 Å². The van der Waals surface area contributed by atoms with E-state index in [-0.39, 0.29) is 5.91 Å². The van der Waals surface area contributed by atoms with E-state index >= 15 is 0 Å². The highest BCUT2D eigenvalue weighted by Crippen LogP contribution is 2.29. The Bertz CT molecular complexity index is 1140. The third-order valence-electron chi connectivity index (χ3n) is 5.41. The Morgan fingerprint density at radius 3 is 2.72 bits per heavy atom. The van der Waals surface area contributed by atoms with Gasteiger partial charge in [-0.3, -0.25) is 4.79 Å². The van der Waals surface area contributed by atoms with Gasteiger partial charge in [0.25, 0.3) is 5.91 Å². The molecule has 4 aromatic rings. The molecular formula is C22H19ClN4O2. The first-order valence-corrected chi connectivity index (χ1v) is 10.0. The fraction of sp³-hybridized carbons (Fsp3) is 0.227. The van der Waals surface area contributed by atoms with Crippen molar-refractivity contribution in [2.24, 2.45) is 0 Å². The topological polar surface area (TPSA) is 75.0 Å². The van der Waals surface area contributed by atoms with Crippen LogP contribution in [0.3, 0.4) is 0 Å². The number of nitrogens with zero attached hydrogens (tertiary/aromatic N) is 3. The van der Waals surface area contributed by atoms with Crippen LogP contribution in [0.5, 0.6) is 0 Å². The number of aromatic nitrogens is 3. The van der Waals surface area contributed by atoms with Gasteiger partial charge in [0.2, 0.25) is 0 Å². The molecule has 6 nitrogen and oxygen atoms in total. The number of para-hydroxylation sites is 2. The summed E-state index contributed by atoms with van der Waals surface area (Å²) in [5, 5.41) is 4.59. The molecule has 0 atom stereocenters. The van der Waals surface area contributed by atoms with Gasteiger partial charge in [-0.1, -0.05) is 41.0 Å². The summed E-state index contributed by atoms with van der Waals surface area (Å²) in [5.74, 6) is 1.76. The summed E-state index contributed by atoms with van der Waals surface area (Å²) in [5.41, 5.74) is 3.16. The lowest BCUT2D eigenvalue weighted by Crippen LogP contribution is -2.38. The zero-order valence-electron chi connectivity index (χ0n) is 15.6. The predicted molar refractivity (Wildman–Crippen MR) is 111 cm³/mol. The normalized spacial score (nSPS) is 15.1. The number of imidazole rings is 1. The second-order valence-corrected chi connectivity index (χ2v) is 7.73. The number of piperidine rings is 1. The van der Waals surface area contributed by atoms with Crippen LogP contribution in [-0.4, -0.2) is 39.0 Å². The zero-order valence-corrected chi connectivity index (χ0v) is 16.4. The van der Waals surface area contributed by atoms with E-state index in [0.717, 1.165) is 35.3 Å². The lowest BCUT2D eigenvalue weighted by molar-refractivity contribution is 0.0701. The number of fused-ring (bicyclic) bond motifs is 1. The molecule has 29 heavy (non-hydrogen) atoms. The van der Waals surface area contributed by atoms with Crippen molar-refractivity contribution >= 4 is 28.5 Å². The summed E-state index contributed by atoms with van der Waals surface area (Å²) in [4.78, 5) is 22.8. The Hall–Kier alpha value is -3.12. The van der Waals surface area contributed by atoms with E-state index in [4.69, 9.17) is 21.1 Å². The van der Waals surface area contributed by atoms with Gasteiger partial charge in [-0.25, -0.2) is 4.98 Å². The number of aromatic amines is 1. The molecule has 0 bridgehead atoms. The van der Waals surface area contributed by atoms with Gasteiger partial charge in [0, 0.05) is 35.7 Å². The van der Waals surface area contributed by atoms with Crippen LogP contribution in [0, 0.1) is 0 Å². The van der Waals surface area contributed by atoms with E-state index in [0.29, 0.717) is 35.5 Å². The van der Waals surface area contributed by atoms with Crippen LogP contribution >= 0.6 is 11.6 Å². The molecular weight excluding hydrogens is 388 g/mol. The smallest absolute Gasteiger partial charge is 0.276 e. The minimum absolute atomic E-state index is 0.106. The van der Waals surface area contributed by atoms with Gasteiger partial charge in [0.05, 0.1) is 11.0 Å². The SMILES string of the molecule is O=C(c1cc(-c2cccc(Cl)c2)on1)N1CCC(c2nc3ccccc3[nH]2)CC1. The molecule has 2 aromatic heterocycles. The van der Waals surface area contributed by atoms with Crippen molar-refractivity contribution in [3.05, 3.63) is 71.1 Å². The molecule has 0 radical (unpaired) electrons. The predicted octanol–water partition coefficient (Wildman–Crippen LogP) is 4.89. The van der Waals surface area contributed by atoms with E-state index < -0.39 is 0 Å². The molecule has 0 spiro atoms. The van der Waals surface area contributed by atoms with Crippen molar-refractivity contribution in [1.29, 1.82) is 0 Å². The number of carbonyl (C=O) groups excluding carboxylic acids is 1. The Morgan fingerprint density at radius 1 is 1.10 bits per heavy atom. The van der Waals surface area contributed by atoms with Crippen molar-refractivity contribution in [3.8, 4) is 11.3 Å². The number of rotatable bonds is 3. The Balaban J connectivity index is 1.26. The number of nitrogens with one attached hydrogen (secondary N) is 1. The summed E-state index contributed by atoms with van der Waals surface area (Å²) in [6, 6.07) is 17.0. The molecule has 1 amide bonds. The third kappa shape index (κ3) is 3.51. The number of carbonyl (C=O) groups is 1. The van der Waals surface area contributed by atoms with Gasteiger partial charge in [-0.2, -0.15) is 0 Å². The maximum atomic E-state index is 12.8. The van der Waals surface area contributed by atoms with E-state index in [1.807, 2.05) is 41.3 Å². The third-order valence-corrected chi connectivity index (χ3v) is 5.65. The second kappa shape index (κ2) is 7.37. The Morgan fingerprint density at radius 2 is 1.93 bits per heavy atom. The minimum atomic E-state index is -0.106. The molecule has 1 aliphatic heterocycles. The van der Waals surface area contributed by atoms with Gasteiger partial charge >= 0.3 is 0 Å². The maximum absolute atomic E-state index is 12.8. The average molecular weight is 407 g/mol. The molecule has 0 saturated carbocycles. The fourth-order valence-electron chi connectivity index (χ4n) is 3.84. The summed E-state index contributed by atoms with van der Waals surface area (Å²) >= 11 is 6.03. The standard InChI is InChI=1S/C22H19ClN4O2/c23-16-5-3-4-15(12-16)20-13-19(26-29-20)22(28)27-10-8-14(9-11-27)21-24-17-6-1-2-7-18(17)25-21/h1-7,12-14H,8-11H2,(H,24,25). The van der Waals surface area contributed by atoms with Crippen molar-refractivity contribution in [3.63, 3.8) is 0 Å². The van der Waals surface area contributed by atoms with Crippen LogP contribution in [-0.2, 0) is 0 Å². The highest BCUT2D eigenvalue weighted by Gasteiger charge is 2.28. The van der Waals surface area contributed by atoms with Crippen LogP contribution in [0.4, 0.5) is 0 Å². The van der Waals surface area contributed by atoms with Crippen LogP contribution in [0.1, 0.15) is 35.1 Å². The Kier molecular flexibility index (Phi) is 4.56. The molecule has 1 aliphatic rings. The van der Waals surface area contributed by atoms with Crippen LogP contribution in [0.25, 0.3) is 22.4 Å². The molecule has 2 aromatic carbocycles. The number of hydrogen-bond acceptors (Lipinski definition) is 4. The lowest BCUT2D eigenvalue weighted by Gasteiger charge is -2.30. The second-order valence-electron chi connectivity index (χ2n) is 7.29. The highest BCUT2D eigenvalue weighted by atomic mass is 35.5. The summed E-state index contributed by atoms with van der Waals surface area (Å²) in [6.45, 7) is 1.33. The molecule has 1 fully saturated rings. The van der Waals surface area contributed by atoms with E-state index in [9.17, 15) is 4.79 Å². The zero-order chi connectivity index (χ0) is 19.8. The molecule has 5 rings (SSSR count). The summed E-state index contributed by atoms with van der Waals surface area (Å²) in [7, 11) is 0. The first-order valence-electron chi connectivity index (χ1n) is 9.64. The van der Waals surface area contributed by atoms with Crippen molar-refractivity contribution in [1.82, 2.24) is 20.0 Å². The monoisotopic (exact) mass is 406 g/mol. The summed E-state index contributed by atoms with van der Waals surface area (Å²) in [6.07, 6.45) is 1.73. The molecule has 3 heterocycles. The molecule has 1 saturated heterocycles. The Labute approximate surface area is 172 Å². The number of H-pyrrole nitrogens is 1. The lowest BCUT2D eigenvalue weighted by atomic mass is 9.96. The largest absolute Gasteiger partial charge is 0.355 e. The minimum Gasteiger partial charge on any atom is -0.355 e. The van der Waals surface area contributed by atoms with Gasteiger partial charge in [-0.05, 0) is 37.1 Å². The quantitative estimate of drug-likeness (QED) is 0.525. The average Bonchev–Trinajstić information content (AvgIpc) is 3.41. The van der Waals surface area contributed by atoms with Gasteiger partial charge in [-0.15, -0.1) is 0 Å². The first-order chi connectivity index (χ1) is 14.2. The molecule has 0 aliphatic carbocycles. The number of halogens is 1. The fourth-order valence-corrected chi connectivity index (χ4v) is 4.03. The van der Waals surface area contributed by atoms with Crippen LogP contribution in [0.15, 0.2) is 59.1 Å².